The molecule has 0 radical (unpaired) electrons. The van der Waals surface area contributed by atoms with Crippen LogP contribution in [-0.4, -0.2) is 11.9 Å². The van der Waals surface area contributed by atoms with Crippen LogP contribution in [0.15, 0.2) is 24.3 Å². The van der Waals surface area contributed by atoms with E-state index in [4.69, 9.17) is 17.3 Å². The molecular weight excluding hydrogens is 220 g/mol. The molecule has 4 heteroatoms. The number of rotatable bonds is 4. The van der Waals surface area contributed by atoms with E-state index in [1.807, 2.05) is 0 Å². The Labute approximate surface area is 92.5 Å². The SMILES string of the molecule is N[C@@H](/C=C/c1cc(F)cc(F)c1)CCCl. The largest absolute Gasteiger partial charge is 0.324 e. The summed E-state index contributed by atoms with van der Waals surface area (Å²) in [5.41, 5.74) is 6.11. The van der Waals surface area contributed by atoms with Gasteiger partial charge in [-0.2, -0.15) is 0 Å². The van der Waals surface area contributed by atoms with Crippen molar-refractivity contribution in [1.29, 1.82) is 0 Å². The van der Waals surface area contributed by atoms with Crippen molar-refractivity contribution in [1.82, 2.24) is 0 Å². The molecule has 0 bridgehead atoms. The van der Waals surface area contributed by atoms with Gasteiger partial charge in [0.15, 0.2) is 0 Å². The zero-order valence-corrected chi connectivity index (χ0v) is 8.85. The smallest absolute Gasteiger partial charge is 0.126 e. The standard InChI is InChI=1S/C11H12ClF2N/c12-4-3-11(15)2-1-8-5-9(13)7-10(14)6-8/h1-2,5-7,11H,3-4,15H2/b2-1+/t11-/m0/s1. The van der Waals surface area contributed by atoms with Crippen LogP contribution >= 0.6 is 11.6 Å². The molecule has 0 aliphatic rings. The van der Waals surface area contributed by atoms with E-state index in [0.29, 0.717) is 17.9 Å². The van der Waals surface area contributed by atoms with Gasteiger partial charge in [0.25, 0.3) is 0 Å². The summed E-state index contributed by atoms with van der Waals surface area (Å²) in [6.45, 7) is 0. The van der Waals surface area contributed by atoms with Gasteiger partial charge in [0.1, 0.15) is 11.6 Å². The molecule has 0 amide bonds. The number of alkyl halides is 1. The summed E-state index contributed by atoms with van der Waals surface area (Å²) in [5, 5.41) is 0. The Kier molecular flexibility index (Phi) is 4.72. The highest BCUT2D eigenvalue weighted by atomic mass is 35.5. The summed E-state index contributed by atoms with van der Waals surface area (Å²) < 4.78 is 25.5. The molecule has 1 aromatic carbocycles. The van der Waals surface area contributed by atoms with E-state index in [1.54, 1.807) is 12.2 Å². The van der Waals surface area contributed by atoms with E-state index in [0.717, 1.165) is 6.07 Å². The van der Waals surface area contributed by atoms with Crippen molar-refractivity contribution in [3.63, 3.8) is 0 Å². The normalized spacial score (nSPS) is 13.3. The molecule has 0 saturated heterocycles. The number of halogens is 3. The first-order valence-electron chi connectivity index (χ1n) is 4.57. The van der Waals surface area contributed by atoms with Crippen molar-refractivity contribution < 1.29 is 8.78 Å². The third-order valence-electron chi connectivity index (χ3n) is 1.86. The minimum absolute atomic E-state index is 0.186. The summed E-state index contributed by atoms with van der Waals surface area (Å²) in [7, 11) is 0. The molecule has 0 fully saturated rings. The Balaban J connectivity index is 2.71. The highest BCUT2D eigenvalue weighted by Gasteiger charge is 1.99. The van der Waals surface area contributed by atoms with Gasteiger partial charge < -0.3 is 5.73 Å². The average molecular weight is 232 g/mol. The van der Waals surface area contributed by atoms with Gasteiger partial charge in [0.05, 0.1) is 0 Å². The molecule has 0 aliphatic heterocycles. The summed E-state index contributed by atoms with van der Waals surface area (Å²) >= 11 is 5.49. The Morgan fingerprint density at radius 1 is 1.27 bits per heavy atom. The summed E-state index contributed by atoms with van der Waals surface area (Å²) in [6, 6.07) is 3.13. The minimum Gasteiger partial charge on any atom is -0.324 e. The molecule has 0 unspecified atom stereocenters. The van der Waals surface area contributed by atoms with E-state index >= 15 is 0 Å². The van der Waals surface area contributed by atoms with Crippen LogP contribution in [0.2, 0.25) is 0 Å². The molecule has 0 aromatic heterocycles. The quantitative estimate of drug-likeness (QED) is 0.793. The number of nitrogens with two attached hydrogens (primary N) is 1. The lowest BCUT2D eigenvalue weighted by Crippen LogP contribution is -2.16. The van der Waals surface area contributed by atoms with Crippen molar-refractivity contribution in [3.05, 3.63) is 41.5 Å². The number of hydrogen-bond acceptors (Lipinski definition) is 1. The Morgan fingerprint density at radius 3 is 2.40 bits per heavy atom. The number of benzene rings is 1. The molecule has 1 aromatic rings. The van der Waals surface area contributed by atoms with Gasteiger partial charge in [-0.3, -0.25) is 0 Å². The third kappa shape index (κ3) is 4.40. The first-order valence-corrected chi connectivity index (χ1v) is 5.11. The molecule has 0 spiro atoms. The van der Waals surface area contributed by atoms with Crippen molar-refractivity contribution in [2.45, 2.75) is 12.5 Å². The van der Waals surface area contributed by atoms with Crippen molar-refractivity contribution in [3.8, 4) is 0 Å². The van der Waals surface area contributed by atoms with Crippen molar-refractivity contribution >= 4 is 17.7 Å². The van der Waals surface area contributed by atoms with Gasteiger partial charge in [-0.05, 0) is 24.1 Å². The van der Waals surface area contributed by atoms with Gasteiger partial charge in [0.2, 0.25) is 0 Å². The van der Waals surface area contributed by atoms with Crippen LogP contribution in [0.5, 0.6) is 0 Å². The fraction of sp³-hybridized carbons (Fsp3) is 0.273. The van der Waals surface area contributed by atoms with E-state index in [-0.39, 0.29) is 6.04 Å². The minimum atomic E-state index is -0.597. The van der Waals surface area contributed by atoms with Crippen LogP contribution in [-0.2, 0) is 0 Å². The number of hydrogen-bond donors (Lipinski definition) is 1. The molecule has 15 heavy (non-hydrogen) atoms. The Bertz CT molecular complexity index is 332. The highest BCUT2D eigenvalue weighted by Crippen LogP contribution is 2.10. The first-order chi connectivity index (χ1) is 7.11. The molecule has 2 N–H and O–H groups in total. The maximum absolute atomic E-state index is 12.8. The van der Waals surface area contributed by atoms with Gasteiger partial charge in [-0.1, -0.05) is 12.2 Å². The van der Waals surface area contributed by atoms with E-state index < -0.39 is 11.6 Å². The molecule has 1 atom stereocenters. The van der Waals surface area contributed by atoms with E-state index in [2.05, 4.69) is 0 Å². The van der Waals surface area contributed by atoms with Crippen molar-refractivity contribution in [2.75, 3.05) is 5.88 Å². The van der Waals surface area contributed by atoms with Crippen LogP contribution < -0.4 is 5.73 Å². The Hall–Kier alpha value is -0.930. The molecule has 1 rings (SSSR count). The highest BCUT2D eigenvalue weighted by molar-refractivity contribution is 6.17. The molecule has 0 heterocycles. The van der Waals surface area contributed by atoms with Gasteiger partial charge in [-0.25, -0.2) is 8.78 Å². The second kappa shape index (κ2) is 5.83. The van der Waals surface area contributed by atoms with Crippen LogP contribution in [0.25, 0.3) is 6.08 Å². The maximum atomic E-state index is 12.8. The monoisotopic (exact) mass is 231 g/mol. The fourth-order valence-corrected chi connectivity index (χ4v) is 1.38. The van der Waals surface area contributed by atoms with Gasteiger partial charge in [-0.15, -0.1) is 11.6 Å². The van der Waals surface area contributed by atoms with Crippen LogP contribution in [0.4, 0.5) is 8.78 Å². The predicted molar refractivity (Wildman–Crippen MR) is 58.7 cm³/mol. The zero-order chi connectivity index (χ0) is 11.3. The summed E-state index contributed by atoms with van der Waals surface area (Å²) in [5.74, 6) is -0.732. The van der Waals surface area contributed by atoms with Crippen molar-refractivity contribution in [2.24, 2.45) is 5.73 Å². The maximum Gasteiger partial charge on any atom is 0.126 e. The molecule has 1 nitrogen and oxygen atoms in total. The topological polar surface area (TPSA) is 26.0 Å². The lowest BCUT2D eigenvalue weighted by Gasteiger charge is -2.02. The fourth-order valence-electron chi connectivity index (χ4n) is 1.13. The summed E-state index contributed by atoms with van der Waals surface area (Å²) in [4.78, 5) is 0. The zero-order valence-electron chi connectivity index (χ0n) is 8.09. The summed E-state index contributed by atoms with van der Waals surface area (Å²) in [6.07, 6.45) is 3.90. The average Bonchev–Trinajstić information content (AvgIpc) is 2.14. The molecule has 0 saturated carbocycles. The van der Waals surface area contributed by atoms with Gasteiger partial charge >= 0.3 is 0 Å². The van der Waals surface area contributed by atoms with E-state index in [9.17, 15) is 8.78 Å². The van der Waals surface area contributed by atoms with E-state index in [1.165, 1.54) is 12.1 Å². The second-order valence-electron chi connectivity index (χ2n) is 3.20. The molecule has 0 aliphatic carbocycles. The van der Waals surface area contributed by atoms with Crippen LogP contribution in [0.3, 0.4) is 0 Å². The lowest BCUT2D eigenvalue weighted by atomic mass is 10.1. The predicted octanol–water partition coefficient (Wildman–Crippen LogP) is 2.93. The van der Waals surface area contributed by atoms with Crippen LogP contribution in [0, 0.1) is 11.6 Å². The second-order valence-corrected chi connectivity index (χ2v) is 3.58. The molecule has 82 valence electrons. The Morgan fingerprint density at radius 2 is 1.87 bits per heavy atom. The first kappa shape index (κ1) is 12.1. The van der Waals surface area contributed by atoms with Crippen LogP contribution in [0.1, 0.15) is 12.0 Å². The third-order valence-corrected chi connectivity index (χ3v) is 2.08. The van der Waals surface area contributed by atoms with Gasteiger partial charge in [0, 0.05) is 18.0 Å². The lowest BCUT2D eigenvalue weighted by molar-refractivity contribution is 0.583. The molecular formula is C11H12ClF2N.